The molecule has 8 heteroatoms. The minimum absolute atomic E-state index is 0.0178. The molecule has 1 N–H and O–H groups in total. The van der Waals surface area contributed by atoms with Gasteiger partial charge in [-0.25, -0.2) is 9.78 Å². The second kappa shape index (κ2) is 7.04. The van der Waals surface area contributed by atoms with Gasteiger partial charge in [0, 0.05) is 26.5 Å². The van der Waals surface area contributed by atoms with Crippen LogP contribution in [0.2, 0.25) is 0 Å². The lowest BCUT2D eigenvalue weighted by atomic mass is 10.4. The third-order valence-electron chi connectivity index (χ3n) is 2.18. The van der Waals surface area contributed by atoms with Gasteiger partial charge in [-0.3, -0.25) is 14.6 Å². The van der Waals surface area contributed by atoms with E-state index in [2.05, 4.69) is 15.3 Å². The molecule has 1 heterocycles. The third-order valence-corrected chi connectivity index (χ3v) is 2.18. The highest BCUT2D eigenvalue weighted by atomic mass is 16.5. The molecule has 0 aliphatic rings. The zero-order valence-corrected chi connectivity index (χ0v) is 10.6. The fraction of sp³-hybridized carbons (Fsp3) is 0.364. The number of ether oxygens (including phenoxy) is 1. The predicted molar refractivity (Wildman–Crippen MR) is 64.0 cm³/mol. The SMILES string of the molecule is CNC(=O)CN(C)C(=O)COC(=O)c1cnccn1. The number of nitrogens with zero attached hydrogens (tertiary/aromatic N) is 3. The second-order valence-corrected chi connectivity index (χ2v) is 3.59. The van der Waals surface area contributed by atoms with Gasteiger partial charge < -0.3 is 15.0 Å². The monoisotopic (exact) mass is 266 g/mol. The van der Waals surface area contributed by atoms with E-state index in [4.69, 9.17) is 4.74 Å². The van der Waals surface area contributed by atoms with Crippen molar-refractivity contribution in [3.8, 4) is 0 Å². The Bertz CT molecular complexity index is 463. The average molecular weight is 266 g/mol. The molecule has 0 radical (unpaired) electrons. The molecular formula is C11H14N4O4. The van der Waals surface area contributed by atoms with E-state index in [1.807, 2.05) is 0 Å². The van der Waals surface area contributed by atoms with E-state index < -0.39 is 18.5 Å². The van der Waals surface area contributed by atoms with Gasteiger partial charge in [-0.1, -0.05) is 0 Å². The number of aromatic nitrogens is 2. The summed E-state index contributed by atoms with van der Waals surface area (Å²) in [6.07, 6.45) is 4.00. The van der Waals surface area contributed by atoms with Crippen molar-refractivity contribution in [2.75, 3.05) is 27.2 Å². The first kappa shape index (κ1) is 14.6. The third kappa shape index (κ3) is 4.70. The number of esters is 1. The Morgan fingerprint density at radius 1 is 1.37 bits per heavy atom. The molecule has 8 nitrogen and oxygen atoms in total. The van der Waals surface area contributed by atoms with Crippen molar-refractivity contribution in [2.45, 2.75) is 0 Å². The first-order valence-electron chi connectivity index (χ1n) is 5.42. The Hall–Kier alpha value is -2.51. The first-order valence-corrected chi connectivity index (χ1v) is 5.42. The number of hydrogen-bond acceptors (Lipinski definition) is 6. The van der Waals surface area contributed by atoms with Crippen molar-refractivity contribution < 1.29 is 19.1 Å². The second-order valence-electron chi connectivity index (χ2n) is 3.59. The molecule has 0 saturated heterocycles. The van der Waals surface area contributed by atoms with Crippen molar-refractivity contribution in [3.63, 3.8) is 0 Å². The summed E-state index contributed by atoms with van der Waals surface area (Å²) in [4.78, 5) is 42.7. The molecule has 0 bridgehead atoms. The van der Waals surface area contributed by atoms with Crippen LogP contribution in [0, 0.1) is 0 Å². The maximum absolute atomic E-state index is 11.6. The van der Waals surface area contributed by atoms with E-state index in [9.17, 15) is 14.4 Å². The minimum atomic E-state index is -0.741. The van der Waals surface area contributed by atoms with Gasteiger partial charge in [0.2, 0.25) is 5.91 Å². The van der Waals surface area contributed by atoms with Gasteiger partial charge in [0.15, 0.2) is 12.3 Å². The Kier molecular flexibility index (Phi) is 5.39. The molecule has 19 heavy (non-hydrogen) atoms. The molecule has 0 aliphatic carbocycles. The van der Waals surface area contributed by atoms with Crippen molar-refractivity contribution in [3.05, 3.63) is 24.3 Å². The zero-order chi connectivity index (χ0) is 14.3. The van der Waals surface area contributed by atoms with E-state index >= 15 is 0 Å². The summed E-state index contributed by atoms with van der Waals surface area (Å²) in [5, 5.41) is 2.38. The fourth-order valence-electron chi connectivity index (χ4n) is 1.10. The summed E-state index contributed by atoms with van der Waals surface area (Å²) in [6, 6.07) is 0. The van der Waals surface area contributed by atoms with Crippen LogP contribution >= 0.6 is 0 Å². The van der Waals surface area contributed by atoms with Crippen LogP contribution in [0.4, 0.5) is 0 Å². The maximum Gasteiger partial charge on any atom is 0.359 e. The molecule has 0 unspecified atom stereocenters. The number of hydrogen-bond donors (Lipinski definition) is 1. The average Bonchev–Trinajstić information content (AvgIpc) is 2.44. The van der Waals surface area contributed by atoms with Crippen LogP contribution in [0.3, 0.4) is 0 Å². The molecule has 0 fully saturated rings. The van der Waals surface area contributed by atoms with Gasteiger partial charge >= 0.3 is 5.97 Å². The molecule has 1 aromatic rings. The maximum atomic E-state index is 11.6. The van der Waals surface area contributed by atoms with Gasteiger partial charge in [0.1, 0.15) is 0 Å². The van der Waals surface area contributed by atoms with Gasteiger partial charge in [-0.2, -0.15) is 0 Å². The molecule has 0 saturated carbocycles. The van der Waals surface area contributed by atoms with Crippen LogP contribution in [0.15, 0.2) is 18.6 Å². The van der Waals surface area contributed by atoms with Crippen molar-refractivity contribution >= 4 is 17.8 Å². The van der Waals surface area contributed by atoms with Gasteiger partial charge in [-0.05, 0) is 0 Å². The minimum Gasteiger partial charge on any atom is -0.451 e. The summed E-state index contributed by atoms with van der Waals surface area (Å²) in [5.74, 6) is -1.54. The largest absolute Gasteiger partial charge is 0.451 e. The number of likely N-dealkylation sites (N-methyl/N-ethyl adjacent to an activating group) is 2. The van der Waals surface area contributed by atoms with Crippen molar-refractivity contribution in [1.29, 1.82) is 0 Å². The number of carbonyl (C=O) groups excluding carboxylic acids is 3. The number of nitrogens with one attached hydrogen (secondary N) is 1. The quantitative estimate of drug-likeness (QED) is 0.674. The Balaban J connectivity index is 2.42. The molecule has 1 rings (SSSR count). The molecule has 2 amide bonds. The van der Waals surface area contributed by atoms with E-state index in [0.29, 0.717) is 0 Å². The zero-order valence-electron chi connectivity index (χ0n) is 10.6. The Morgan fingerprint density at radius 3 is 2.68 bits per heavy atom. The standard InChI is InChI=1S/C11H14N4O4/c1-12-9(16)6-15(2)10(17)7-19-11(18)8-5-13-3-4-14-8/h3-5H,6-7H2,1-2H3,(H,12,16). The number of rotatable bonds is 5. The van der Waals surface area contributed by atoms with Gasteiger partial charge in [0.05, 0.1) is 12.7 Å². The lowest BCUT2D eigenvalue weighted by molar-refractivity contribution is -0.137. The Labute approximate surface area is 109 Å². The summed E-state index contributed by atoms with van der Waals surface area (Å²) in [6.45, 7) is -0.555. The molecule has 0 aromatic carbocycles. The van der Waals surface area contributed by atoms with Crippen molar-refractivity contribution in [2.24, 2.45) is 0 Å². The van der Waals surface area contributed by atoms with Crippen LogP contribution < -0.4 is 5.32 Å². The summed E-state index contributed by atoms with van der Waals surface area (Å²) < 4.78 is 4.76. The van der Waals surface area contributed by atoms with E-state index in [-0.39, 0.29) is 18.1 Å². The highest BCUT2D eigenvalue weighted by Gasteiger charge is 2.15. The first-order chi connectivity index (χ1) is 9.04. The van der Waals surface area contributed by atoms with Gasteiger partial charge in [-0.15, -0.1) is 0 Å². The highest BCUT2D eigenvalue weighted by molar-refractivity contribution is 5.90. The molecular weight excluding hydrogens is 252 g/mol. The van der Waals surface area contributed by atoms with E-state index in [1.165, 1.54) is 32.7 Å². The molecule has 1 aromatic heterocycles. The fourth-order valence-corrected chi connectivity index (χ4v) is 1.10. The van der Waals surface area contributed by atoms with Crippen LogP contribution in [0.25, 0.3) is 0 Å². The summed E-state index contributed by atoms with van der Waals surface area (Å²) in [5.41, 5.74) is 0.0178. The lowest BCUT2D eigenvalue weighted by Gasteiger charge is -2.15. The number of carbonyl (C=O) groups is 3. The van der Waals surface area contributed by atoms with Crippen LogP contribution in [0.5, 0.6) is 0 Å². The lowest BCUT2D eigenvalue weighted by Crippen LogP contribution is -2.39. The topological polar surface area (TPSA) is 101 Å². The summed E-state index contributed by atoms with van der Waals surface area (Å²) >= 11 is 0. The van der Waals surface area contributed by atoms with E-state index in [0.717, 1.165) is 4.90 Å². The van der Waals surface area contributed by atoms with Crippen LogP contribution in [-0.2, 0) is 14.3 Å². The normalized spacial score (nSPS) is 9.58. The van der Waals surface area contributed by atoms with Crippen LogP contribution in [0.1, 0.15) is 10.5 Å². The molecule has 0 atom stereocenters. The summed E-state index contributed by atoms with van der Waals surface area (Å²) in [7, 11) is 2.91. The smallest absolute Gasteiger partial charge is 0.359 e. The number of amides is 2. The van der Waals surface area contributed by atoms with Gasteiger partial charge in [0.25, 0.3) is 5.91 Å². The molecule has 0 aliphatic heterocycles. The van der Waals surface area contributed by atoms with E-state index in [1.54, 1.807) is 0 Å². The highest BCUT2D eigenvalue weighted by Crippen LogP contribution is 1.95. The predicted octanol–water partition coefficient (Wildman–Crippen LogP) is -1.16. The van der Waals surface area contributed by atoms with Crippen LogP contribution in [-0.4, -0.2) is 59.9 Å². The molecule has 102 valence electrons. The Morgan fingerprint density at radius 2 is 2.11 bits per heavy atom. The molecule has 0 spiro atoms. The van der Waals surface area contributed by atoms with Crippen molar-refractivity contribution in [1.82, 2.24) is 20.2 Å².